The molecule has 2 saturated carbocycles. The minimum atomic E-state index is -1.08. The molecule has 1 N–H and O–H groups in total. The van der Waals surface area contributed by atoms with Crippen LogP contribution in [0.15, 0.2) is 30.3 Å². The van der Waals surface area contributed by atoms with E-state index >= 15 is 0 Å². The van der Waals surface area contributed by atoms with Crippen molar-refractivity contribution in [2.24, 2.45) is 17.8 Å². The summed E-state index contributed by atoms with van der Waals surface area (Å²) in [6.07, 6.45) is 9.22. The number of aliphatic hydroxyl groups is 1. The zero-order chi connectivity index (χ0) is 30.7. The van der Waals surface area contributed by atoms with E-state index in [1.54, 1.807) is 19.1 Å². The lowest BCUT2D eigenvalue weighted by Gasteiger charge is -2.36. The Balaban J connectivity index is 1.07. The van der Waals surface area contributed by atoms with Gasteiger partial charge in [-0.3, -0.25) is 4.79 Å². The zero-order valence-electron chi connectivity index (χ0n) is 25.0. The fraction of sp³-hybridized carbons (Fsp3) is 0.571. The zero-order valence-corrected chi connectivity index (χ0v) is 25.0. The summed E-state index contributed by atoms with van der Waals surface area (Å²) < 4.78 is 69.2. The summed E-state index contributed by atoms with van der Waals surface area (Å²) in [7, 11) is 0. The first-order valence-corrected chi connectivity index (χ1v) is 15.8. The lowest BCUT2D eigenvalue weighted by atomic mass is 9.72. The van der Waals surface area contributed by atoms with Gasteiger partial charge in [0, 0.05) is 11.1 Å². The Morgan fingerprint density at radius 1 is 0.860 bits per heavy atom. The highest BCUT2D eigenvalue weighted by Gasteiger charge is 2.34. The third kappa shape index (κ3) is 6.95. The summed E-state index contributed by atoms with van der Waals surface area (Å²) >= 11 is 0. The van der Waals surface area contributed by atoms with Gasteiger partial charge in [0.2, 0.25) is 5.82 Å². The topological polar surface area (TPSA) is 55.8 Å². The molecule has 0 bridgehead atoms. The fourth-order valence-corrected chi connectivity index (χ4v) is 7.37. The molecule has 234 valence electrons. The minimum Gasteiger partial charge on any atom is -0.491 e. The molecular weight excluding hydrogens is 560 g/mol. The van der Waals surface area contributed by atoms with Crippen LogP contribution in [0.4, 0.5) is 17.6 Å². The molecule has 0 spiro atoms. The van der Waals surface area contributed by atoms with E-state index in [4.69, 9.17) is 9.47 Å². The van der Waals surface area contributed by atoms with Crippen molar-refractivity contribution in [3.63, 3.8) is 0 Å². The number of esters is 1. The Bertz CT molecular complexity index is 1320. The number of rotatable bonds is 8. The first kappa shape index (κ1) is 31.6. The first-order chi connectivity index (χ1) is 20.7. The molecule has 8 heteroatoms. The Kier molecular flexibility index (Phi) is 10.2. The smallest absolute Gasteiger partial charge is 0.309 e. The summed E-state index contributed by atoms with van der Waals surface area (Å²) in [6, 6.07) is 6.11. The number of benzene rings is 2. The number of halogens is 4. The van der Waals surface area contributed by atoms with E-state index in [1.807, 2.05) is 0 Å². The van der Waals surface area contributed by atoms with Gasteiger partial charge >= 0.3 is 5.97 Å². The van der Waals surface area contributed by atoms with Crippen molar-refractivity contribution in [1.29, 1.82) is 0 Å². The maximum atomic E-state index is 14.7. The number of carbonyl (C=O) groups is 1. The Morgan fingerprint density at radius 3 is 2.21 bits per heavy atom. The lowest BCUT2D eigenvalue weighted by Crippen LogP contribution is -2.31. The molecule has 0 radical (unpaired) electrons. The van der Waals surface area contributed by atoms with Gasteiger partial charge in [-0.05, 0) is 125 Å². The Labute approximate surface area is 251 Å². The second-order valence-electron chi connectivity index (χ2n) is 12.5. The number of aliphatic hydroxyl groups excluding tert-OH is 1. The number of carbonyl (C=O) groups excluding carboxylic acids is 1. The first-order valence-electron chi connectivity index (χ1n) is 15.8. The van der Waals surface area contributed by atoms with Gasteiger partial charge in [-0.25, -0.2) is 13.2 Å². The maximum Gasteiger partial charge on any atom is 0.309 e. The maximum absolute atomic E-state index is 14.7. The van der Waals surface area contributed by atoms with Crippen LogP contribution in [0.5, 0.6) is 5.75 Å². The number of allylic oxidation sites excluding steroid dienone is 2. The van der Waals surface area contributed by atoms with Crippen LogP contribution in [0.2, 0.25) is 0 Å². The molecular formula is C35H42F4O4. The van der Waals surface area contributed by atoms with Crippen LogP contribution >= 0.6 is 0 Å². The minimum absolute atomic E-state index is 0.0473. The molecule has 4 nitrogen and oxygen atoms in total. The summed E-state index contributed by atoms with van der Waals surface area (Å²) in [5.74, 6) is -3.32. The summed E-state index contributed by atoms with van der Waals surface area (Å²) in [4.78, 5) is 13.0. The normalized spacial score (nSPS) is 26.9. The largest absolute Gasteiger partial charge is 0.491 e. The van der Waals surface area contributed by atoms with Gasteiger partial charge in [-0.2, -0.15) is 4.39 Å². The van der Waals surface area contributed by atoms with Crippen LogP contribution in [0.25, 0.3) is 5.57 Å². The van der Waals surface area contributed by atoms with Crippen molar-refractivity contribution < 1.29 is 36.9 Å². The van der Waals surface area contributed by atoms with Crippen molar-refractivity contribution in [3.8, 4) is 5.75 Å². The van der Waals surface area contributed by atoms with E-state index in [2.05, 4.69) is 6.08 Å². The molecule has 0 heterocycles. The SMILES string of the molecule is CCOc1ccc(C2=CCC(C3CCC(OC(=O)C4CCC(c5ccc(C(C)O)c(F)c5F)CC4)CC3)CC2)c(F)c1F. The fourth-order valence-electron chi connectivity index (χ4n) is 7.37. The summed E-state index contributed by atoms with van der Waals surface area (Å²) in [6.45, 7) is 3.41. The summed E-state index contributed by atoms with van der Waals surface area (Å²) in [5.41, 5.74) is 1.43. The Hall–Kier alpha value is -2.87. The monoisotopic (exact) mass is 602 g/mol. The average Bonchev–Trinajstić information content (AvgIpc) is 3.01. The van der Waals surface area contributed by atoms with E-state index < -0.39 is 29.4 Å². The van der Waals surface area contributed by atoms with Crippen LogP contribution in [0.3, 0.4) is 0 Å². The molecule has 43 heavy (non-hydrogen) atoms. The Morgan fingerprint density at radius 2 is 1.58 bits per heavy atom. The molecule has 2 aromatic rings. The van der Waals surface area contributed by atoms with E-state index in [0.717, 1.165) is 44.1 Å². The van der Waals surface area contributed by atoms with Crippen molar-refractivity contribution in [1.82, 2.24) is 0 Å². The molecule has 2 aromatic carbocycles. The molecule has 2 fully saturated rings. The second kappa shape index (κ2) is 13.8. The van der Waals surface area contributed by atoms with Gasteiger partial charge in [-0.1, -0.05) is 18.2 Å². The summed E-state index contributed by atoms with van der Waals surface area (Å²) in [5, 5.41) is 9.64. The van der Waals surface area contributed by atoms with Crippen molar-refractivity contribution in [3.05, 3.63) is 70.3 Å². The van der Waals surface area contributed by atoms with Gasteiger partial charge < -0.3 is 14.6 Å². The lowest BCUT2D eigenvalue weighted by molar-refractivity contribution is -0.157. The van der Waals surface area contributed by atoms with Gasteiger partial charge in [0.05, 0.1) is 18.6 Å². The molecule has 0 saturated heterocycles. The van der Waals surface area contributed by atoms with E-state index in [9.17, 15) is 27.5 Å². The van der Waals surface area contributed by atoms with E-state index in [-0.39, 0.29) is 41.8 Å². The highest BCUT2D eigenvalue weighted by molar-refractivity contribution is 5.72. The van der Waals surface area contributed by atoms with Gasteiger partial charge in [0.1, 0.15) is 6.10 Å². The molecule has 2 unspecified atom stereocenters. The molecule has 0 amide bonds. The number of hydrogen-bond donors (Lipinski definition) is 1. The molecule has 5 rings (SSSR count). The molecule has 0 aliphatic heterocycles. The predicted molar refractivity (Wildman–Crippen MR) is 156 cm³/mol. The van der Waals surface area contributed by atoms with Crippen LogP contribution < -0.4 is 4.74 Å². The molecule has 3 aliphatic rings. The highest BCUT2D eigenvalue weighted by Crippen LogP contribution is 2.43. The average molecular weight is 603 g/mol. The van der Waals surface area contributed by atoms with Crippen LogP contribution in [-0.2, 0) is 9.53 Å². The third-order valence-electron chi connectivity index (χ3n) is 9.90. The van der Waals surface area contributed by atoms with Crippen molar-refractivity contribution in [2.45, 2.75) is 103 Å². The second-order valence-corrected chi connectivity index (χ2v) is 12.5. The van der Waals surface area contributed by atoms with Crippen LogP contribution in [0.1, 0.15) is 113 Å². The number of hydrogen-bond acceptors (Lipinski definition) is 4. The van der Waals surface area contributed by atoms with Gasteiger partial charge in [0.25, 0.3) is 0 Å². The number of ether oxygens (including phenoxy) is 2. The standard InChI is InChI=1S/C35H42F4O4/c1-3-42-30-19-18-29(33(38)34(30)39)23-6-4-21(5-7-23)22-12-14-26(15-13-22)43-35(41)25-10-8-24(9-11-25)28-17-16-27(20(2)40)31(36)32(28)37/h6,16-22,24-26,40H,3-5,7-15H2,1-2H3. The molecule has 0 aromatic heterocycles. The van der Waals surface area contributed by atoms with Crippen molar-refractivity contribution in [2.75, 3.05) is 6.61 Å². The van der Waals surface area contributed by atoms with E-state index in [1.165, 1.54) is 19.1 Å². The van der Waals surface area contributed by atoms with E-state index in [0.29, 0.717) is 55.1 Å². The van der Waals surface area contributed by atoms with Crippen LogP contribution in [0, 0.1) is 41.0 Å². The third-order valence-corrected chi connectivity index (χ3v) is 9.90. The van der Waals surface area contributed by atoms with Crippen molar-refractivity contribution >= 4 is 11.5 Å². The van der Waals surface area contributed by atoms with Gasteiger partial charge in [-0.15, -0.1) is 0 Å². The van der Waals surface area contributed by atoms with Gasteiger partial charge in [0.15, 0.2) is 23.2 Å². The molecule has 2 atom stereocenters. The molecule has 3 aliphatic carbocycles. The predicted octanol–water partition coefficient (Wildman–Crippen LogP) is 8.95. The highest BCUT2D eigenvalue weighted by atomic mass is 19.2. The van der Waals surface area contributed by atoms with Crippen LogP contribution in [-0.4, -0.2) is 23.8 Å². The quantitative estimate of drug-likeness (QED) is 0.242.